The van der Waals surface area contributed by atoms with Crippen molar-refractivity contribution in [2.75, 3.05) is 25.0 Å². The fourth-order valence-electron chi connectivity index (χ4n) is 4.83. The molecule has 1 saturated carbocycles. The van der Waals surface area contributed by atoms with Crippen LogP contribution in [0.25, 0.3) is 0 Å². The summed E-state index contributed by atoms with van der Waals surface area (Å²) in [6, 6.07) is 9.39. The molecule has 2 aliphatic heterocycles. The van der Waals surface area contributed by atoms with E-state index < -0.39 is 0 Å². The third-order valence-corrected chi connectivity index (χ3v) is 6.80. The number of aromatic nitrogens is 2. The molecule has 0 bridgehead atoms. The number of amides is 3. The fraction of sp³-hybridized carbons (Fsp3) is 0.500. The first-order valence-corrected chi connectivity index (χ1v) is 11.5. The number of anilines is 1. The van der Waals surface area contributed by atoms with Gasteiger partial charge in [-0.15, -0.1) is 0 Å². The van der Waals surface area contributed by atoms with E-state index in [2.05, 4.69) is 10.4 Å². The smallest absolute Gasteiger partial charge is 0.274 e. The van der Waals surface area contributed by atoms with Crippen LogP contribution in [0, 0.1) is 11.8 Å². The van der Waals surface area contributed by atoms with Crippen LogP contribution in [0.2, 0.25) is 0 Å². The summed E-state index contributed by atoms with van der Waals surface area (Å²) >= 11 is 0. The molecule has 1 N–H and O–H groups in total. The topological polar surface area (TPSA) is 87.5 Å². The molecule has 1 aliphatic carbocycles. The van der Waals surface area contributed by atoms with E-state index in [0.29, 0.717) is 38.3 Å². The SMILES string of the molecule is Cn1nc(C(=O)N2CCC[C@@H](C(=O)Nc3ccccc3)C2)c2c1CCN(C(=O)C1CC1)C2. The lowest BCUT2D eigenvalue weighted by Gasteiger charge is -2.32. The highest BCUT2D eigenvalue weighted by atomic mass is 16.2. The van der Waals surface area contributed by atoms with Crippen LogP contribution in [-0.2, 0) is 29.6 Å². The number of nitrogens with zero attached hydrogens (tertiary/aromatic N) is 4. The molecular weight excluding hydrogens is 406 g/mol. The summed E-state index contributed by atoms with van der Waals surface area (Å²) in [5.74, 6) is -0.0787. The van der Waals surface area contributed by atoms with E-state index in [1.54, 1.807) is 9.58 Å². The van der Waals surface area contributed by atoms with Gasteiger partial charge in [0.2, 0.25) is 11.8 Å². The van der Waals surface area contributed by atoms with Crippen LogP contribution in [0.5, 0.6) is 0 Å². The zero-order valence-corrected chi connectivity index (χ0v) is 18.4. The van der Waals surface area contributed by atoms with Crippen molar-refractivity contribution in [3.63, 3.8) is 0 Å². The maximum atomic E-state index is 13.4. The van der Waals surface area contributed by atoms with Crippen LogP contribution < -0.4 is 5.32 Å². The van der Waals surface area contributed by atoms with Gasteiger partial charge in [0.25, 0.3) is 5.91 Å². The number of carbonyl (C=O) groups excluding carboxylic acids is 3. The molecule has 0 spiro atoms. The van der Waals surface area contributed by atoms with Crippen molar-refractivity contribution >= 4 is 23.4 Å². The number of nitrogens with one attached hydrogen (secondary N) is 1. The molecule has 32 heavy (non-hydrogen) atoms. The largest absolute Gasteiger partial charge is 0.338 e. The third kappa shape index (κ3) is 4.01. The van der Waals surface area contributed by atoms with Gasteiger partial charge in [-0.25, -0.2) is 0 Å². The van der Waals surface area contributed by atoms with E-state index in [4.69, 9.17) is 0 Å². The van der Waals surface area contributed by atoms with E-state index >= 15 is 0 Å². The maximum Gasteiger partial charge on any atom is 0.274 e. The average Bonchev–Trinajstić information content (AvgIpc) is 3.62. The minimum atomic E-state index is -0.250. The Labute approximate surface area is 187 Å². The standard InChI is InChI=1S/C24H29N5O3/c1-27-20-11-13-29(23(31)16-9-10-16)15-19(20)21(26-27)24(32)28-12-5-6-17(14-28)22(30)25-18-7-3-2-4-8-18/h2-4,7-8,16-17H,5-6,9-15H2,1H3,(H,25,30)/t17-/m1/s1. The molecule has 1 atom stereocenters. The van der Waals surface area contributed by atoms with E-state index in [1.165, 1.54) is 0 Å². The summed E-state index contributed by atoms with van der Waals surface area (Å²) in [6.45, 7) is 2.13. The number of fused-ring (bicyclic) bond motifs is 1. The number of piperidine rings is 1. The lowest BCUT2D eigenvalue weighted by Crippen LogP contribution is -2.44. The Morgan fingerprint density at radius 3 is 2.53 bits per heavy atom. The Bertz CT molecular complexity index is 1040. The highest BCUT2D eigenvalue weighted by molar-refractivity contribution is 5.96. The highest BCUT2D eigenvalue weighted by Gasteiger charge is 2.38. The molecule has 1 aromatic carbocycles. The molecule has 2 fully saturated rings. The summed E-state index contributed by atoms with van der Waals surface area (Å²) in [5, 5.41) is 7.51. The quantitative estimate of drug-likeness (QED) is 0.798. The number of hydrogen-bond acceptors (Lipinski definition) is 4. The van der Waals surface area contributed by atoms with Crippen LogP contribution in [-0.4, -0.2) is 56.9 Å². The lowest BCUT2D eigenvalue weighted by atomic mass is 9.96. The van der Waals surface area contributed by atoms with Gasteiger partial charge < -0.3 is 15.1 Å². The Morgan fingerprint density at radius 1 is 1.00 bits per heavy atom. The average molecular weight is 436 g/mol. The molecule has 0 radical (unpaired) electrons. The van der Waals surface area contributed by atoms with E-state index in [0.717, 1.165) is 42.6 Å². The second-order valence-corrected chi connectivity index (χ2v) is 9.13. The second kappa shape index (κ2) is 8.41. The van der Waals surface area contributed by atoms with Crippen molar-refractivity contribution < 1.29 is 14.4 Å². The van der Waals surface area contributed by atoms with Crippen molar-refractivity contribution in [1.29, 1.82) is 0 Å². The third-order valence-electron chi connectivity index (χ3n) is 6.80. The van der Waals surface area contributed by atoms with Gasteiger partial charge in [-0.2, -0.15) is 5.10 Å². The van der Waals surface area contributed by atoms with Crippen LogP contribution in [0.3, 0.4) is 0 Å². The Morgan fingerprint density at radius 2 is 1.78 bits per heavy atom. The molecule has 168 valence electrons. The van der Waals surface area contributed by atoms with E-state index in [1.807, 2.05) is 42.3 Å². The van der Waals surface area contributed by atoms with Gasteiger partial charge in [0.05, 0.1) is 5.92 Å². The van der Waals surface area contributed by atoms with Crippen molar-refractivity contribution in [3.05, 3.63) is 47.3 Å². The number of carbonyl (C=O) groups is 3. The van der Waals surface area contributed by atoms with Crippen molar-refractivity contribution in [1.82, 2.24) is 19.6 Å². The zero-order chi connectivity index (χ0) is 22.2. The van der Waals surface area contributed by atoms with Gasteiger partial charge in [-0.3, -0.25) is 19.1 Å². The summed E-state index contributed by atoms with van der Waals surface area (Å²) in [6.07, 6.45) is 4.20. The minimum absolute atomic E-state index is 0.0574. The maximum absolute atomic E-state index is 13.4. The summed E-state index contributed by atoms with van der Waals surface area (Å²) in [7, 11) is 1.86. The van der Waals surface area contributed by atoms with Crippen molar-refractivity contribution in [2.45, 2.75) is 38.6 Å². The Kier molecular flexibility index (Phi) is 5.45. The van der Waals surface area contributed by atoms with Gasteiger partial charge in [-0.05, 0) is 37.8 Å². The fourth-order valence-corrected chi connectivity index (χ4v) is 4.83. The minimum Gasteiger partial charge on any atom is -0.338 e. The summed E-state index contributed by atoms with van der Waals surface area (Å²) < 4.78 is 1.78. The first-order valence-electron chi connectivity index (χ1n) is 11.5. The van der Waals surface area contributed by atoms with Crippen LogP contribution in [0.4, 0.5) is 5.69 Å². The second-order valence-electron chi connectivity index (χ2n) is 9.13. The molecule has 3 amide bonds. The summed E-state index contributed by atoms with van der Waals surface area (Å²) in [4.78, 5) is 42.5. The Balaban J connectivity index is 1.30. The van der Waals surface area contributed by atoms with Gasteiger partial charge >= 0.3 is 0 Å². The molecule has 2 aromatic rings. The lowest BCUT2D eigenvalue weighted by molar-refractivity contribution is -0.133. The normalized spacial score (nSPS) is 20.6. The number of hydrogen-bond donors (Lipinski definition) is 1. The van der Waals surface area contributed by atoms with Crippen LogP contribution >= 0.6 is 0 Å². The molecule has 0 unspecified atom stereocenters. The number of aryl methyl sites for hydroxylation is 1. The molecule has 3 heterocycles. The molecule has 1 saturated heterocycles. The zero-order valence-electron chi connectivity index (χ0n) is 18.4. The monoisotopic (exact) mass is 435 g/mol. The highest BCUT2D eigenvalue weighted by Crippen LogP contribution is 2.33. The number of para-hydroxylation sites is 1. The molecule has 8 heteroatoms. The first-order chi connectivity index (χ1) is 15.5. The van der Waals surface area contributed by atoms with E-state index in [-0.39, 0.29) is 29.6 Å². The molecule has 3 aliphatic rings. The van der Waals surface area contributed by atoms with Crippen molar-refractivity contribution in [2.24, 2.45) is 18.9 Å². The van der Waals surface area contributed by atoms with Gasteiger partial charge in [0, 0.05) is 62.5 Å². The molecular formula is C24H29N5O3. The number of rotatable bonds is 4. The van der Waals surface area contributed by atoms with Gasteiger partial charge in [0.15, 0.2) is 5.69 Å². The van der Waals surface area contributed by atoms with Crippen LogP contribution in [0.15, 0.2) is 30.3 Å². The van der Waals surface area contributed by atoms with Crippen LogP contribution in [0.1, 0.15) is 47.4 Å². The predicted molar refractivity (Wildman–Crippen MR) is 119 cm³/mol. The summed E-state index contributed by atoms with van der Waals surface area (Å²) in [5.41, 5.74) is 3.09. The molecule has 5 rings (SSSR count). The van der Waals surface area contributed by atoms with Gasteiger partial charge in [-0.1, -0.05) is 18.2 Å². The number of likely N-dealkylation sites (tertiary alicyclic amines) is 1. The number of benzene rings is 1. The van der Waals surface area contributed by atoms with Gasteiger partial charge in [0.1, 0.15) is 0 Å². The first kappa shape index (κ1) is 20.7. The van der Waals surface area contributed by atoms with E-state index in [9.17, 15) is 14.4 Å². The predicted octanol–water partition coefficient (Wildman–Crippen LogP) is 2.21. The molecule has 1 aromatic heterocycles. The molecule has 8 nitrogen and oxygen atoms in total. The Hall–Kier alpha value is -3.16. The van der Waals surface area contributed by atoms with Crippen molar-refractivity contribution in [3.8, 4) is 0 Å².